The minimum Gasteiger partial charge on any atom is -0.496 e. The van der Waals surface area contributed by atoms with Gasteiger partial charge in [-0.2, -0.15) is 0 Å². The molecule has 0 radical (unpaired) electrons. The number of benzene rings is 2. The van der Waals surface area contributed by atoms with Crippen LogP contribution >= 0.6 is 0 Å². The molecule has 0 aliphatic heterocycles. The van der Waals surface area contributed by atoms with Crippen molar-refractivity contribution in [3.8, 4) is 5.75 Å². The molecule has 25 heavy (non-hydrogen) atoms. The fourth-order valence-corrected chi connectivity index (χ4v) is 2.31. The lowest BCUT2D eigenvalue weighted by Gasteiger charge is -2.10. The van der Waals surface area contributed by atoms with Gasteiger partial charge in [-0.25, -0.2) is 4.79 Å². The fourth-order valence-electron chi connectivity index (χ4n) is 2.31. The van der Waals surface area contributed by atoms with E-state index >= 15 is 0 Å². The van der Waals surface area contributed by atoms with E-state index in [-0.39, 0.29) is 18.5 Å². The van der Waals surface area contributed by atoms with Gasteiger partial charge in [0, 0.05) is 13.1 Å². The molecule has 0 heterocycles. The Hall–Kier alpha value is -3.02. The molecule has 132 valence electrons. The number of rotatable bonds is 8. The second-order valence-electron chi connectivity index (χ2n) is 5.43. The van der Waals surface area contributed by atoms with Crippen molar-refractivity contribution < 1.29 is 14.3 Å². The lowest BCUT2D eigenvalue weighted by Crippen LogP contribution is -2.42. The molecule has 0 fully saturated rings. The second kappa shape index (κ2) is 9.97. The van der Waals surface area contributed by atoms with E-state index in [4.69, 9.17) is 4.74 Å². The van der Waals surface area contributed by atoms with Crippen molar-refractivity contribution in [3.63, 3.8) is 0 Å². The quantitative estimate of drug-likeness (QED) is 0.686. The van der Waals surface area contributed by atoms with Crippen LogP contribution in [0.5, 0.6) is 5.75 Å². The largest absolute Gasteiger partial charge is 0.496 e. The van der Waals surface area contributed by atoms with Gasteiger partial charge in [0.1, 0.15) is 5.75 Å². The summed E-state index contributed by atoms with van der Waals surface area (Å²) < 4.78 is 5.27. The highest BCUT2D eigenvalue weighted by Crippen LogP contribution is 2.17. The SMILES string of the molecule is COc1ccccc1CCNC(=O)CNC(=O)NCc1ccccc1. The van der Waals surface area contributed by atoms with E-state index in [9.17, 15) is 9.59 Å². The highest BCUT2D eigenvalue weighted by molar-refractivity contribution is 5.83. The van der Waals surface area contributed by atoms with Gasteiger partial charge >= 0.3 is 6.03 Å². The summed E-state index contributed by atoms with van der Waals surface area (Å²) in [6.07, 6.45) is 0.663. The number of hydrogen-bond acceptors (Lipinski definition) is 3. The maximum atomic E-state index is 11.8. The van der Waals surface area contributed by atoms with Gasteiger partial charge in [-0.05, 0) is 23.6 Å². The van der Waals surface area contributed by atoms with E-state index in [2.05, 4.69) is 16.0 Å². The van der Waals surface area contributed by atoms with Gasteiger partial charge in [0.15, 0.2) is 0 Å². The van der Waals surface area contributed by atoms with E-state index in [1.54, 1.807) is 7.11 Å². The topological polar surface area (TPSA) is 79.5 Å². The zero-order chi connectivity index (χ0) is 17.9. The smallest absolute Gasteiger partial charge is 0.315 e. The Morgan fingerprint density at radius 2 is 1.64 bits per heavy atom. The van der Waals surface area contributed by atoms with Crippen LogP contribution in [-0.4, -0.2) is 32.1 Å². The lowest BCUT2D eigenvalue weighted by atomic mass is 10.1. The molecular formula is C19H23N3O3. The Balaban J connectivity index is 1.62. The molecule has 0 unspecified atom stereocenters. The van der Waals surface area contributed by atoms with Crippen LogP contribution in [0.2, 0.25) is 0 Å². The standard InChI is InChI=1S/C19H23N3O3/c1-25-17-10-6-5-9-16(17)11-12-20-18(23)14-22-19(24)21-13-15-7-3-2-4-8-15/h2-10H,11-14H2,1H3,(H,20,23)(H2,21,22,24). The van der Waals surface area contributed by atoms with Crippen molar-refractivity contribution >= 4 is 11.9 Å². The molecule has 0 bridgehead atoms. The first-order valence-electron chi connectivity index (χ1n) is 8.13. The summed E-state index contributed by atoms with van der Waals surface area (Å²) in [6.45, 7) is 0.834. The second-order valence-corrected chi connectivity index (χ2v) is 5.43. The van der Waals surface area contributed by atoms with Gasteiger partial charge < -0.3 is 20.7 Å². The molecule has 0 spiro atoms. The molecule has 0 saturated heterocycles. The molecule has 2 rings (SSSR count). The van der Waals surface area contributed by atoms with Crippen LogP contribution in [0.25, 0.3) is 0 Å². The molecule has 6 heteroatoms. The highest BCUT2D eigenvalue weighted by atomic mass is 16.5. The number of hydrogen-bond donors (Lipinski definition) is 3. The van der Waals surface area contributed by atoms with Crippen molar-refractivity contribution in [1.82, 2.24) is 16.0 Å². The van der Waals surface area contributed by atoms with Gasteiger partial charge in [0.05, 0.1) is 13.7 Å². The molecule has 0 aliphatic carbocycles. The van der Waals surface area contributed by atoms with Crippen molar-refractivity contribution in [1.29, 1.82) is 0 Å². The molecule has 0 atom stereocenters. The van der Waals surface area contributed by atoms with Crippen LogP contribution < -0.4 is 20.7 Å². The van der Waals surface area contributed by atoms with Crippen molar-refractivity contribution in [2.45, 2.75) is 13.0 Å². The Morgan fingerprint density at radius 3 is 2.40 bits per heavy atom. The van der Waals surface area contributed by atoms with Crippen molar-refractivity contribution in [2.24, 2.45) is 0 Å². The number of nitrogens with one attached hydrogen (secondary N) is 3. The Kier molecular flexibility index (Phi) is 7.31. The van der Waals surface area contributed by atoms with Crippen LogP contribution in [0.15, 0.2) is 54.6 Å². The van der Waals surface area contributed by atoms with Crippen LogP contribution in [0.3, 0.4) is 0 Å². The lowest BCUT2D eigenvalue weighted by molar-refractivity contribution is -0.120. The third-order valence-electron chi connectivity index (χ3n) is 3.61. The average molecular weight is 341 g/mol. The summed E-state index contributed by atoms with van der Waals surface area (Å²) in [6, 6.07) is 16.9. The highest BCUT2D eigenvalue weighted by Gasteiger charge is 2.06. The summed E-state index contributed by atoms with van der Waals surface area (Å²) in [5.74, 6) is 0.569. The molecule has 0 aromatic heterocycles. The first-order chi connectivity index (χ1) is 12.2. The zero-order valence-electron chi connectivity index (χ0n) is 14.2. The van der Waals surface area contributed by atoms with E-state index in [1.165, 1.54) is 0 Å². The monoisotopic (exact) mass is 341 g/mol. The van der Waals surface area contributed by atoms with Crippen molar-refractivity contribution in [2.75, 3.05) is 20.2 Å². The van der Waals surface area contributed by atoms with E-state index in [1.807, 2.05) is 54.6 Å². The Labute approximate surface area is 147 Å². The van der Waals surface area contributed by atoms with Crippen molar-refractivity contribution in [3.05, 3.63) is 65.7 Å². The minimum atomic E-state index is -0.372. The van der Waals surface area contributed by atoms with Crippen LogP contribution in [0, 0.1) is 0 Å². The van der Waals surface area contributed by atoms with Gasteiger partial charge in [-0.15, -0.1) is 0 Å². The molecule has 3 amide bonds. The number of carbonyl (C=O) groups excluding carboxylic acids is 2. The number of methoxy groups -OCH3 is 1. The maximum Gasteiger partial charge on any atom is 0.315 e. The normalized spacial score (nSPS) is 9.96. The van der Waals surface area contributed by atoms with Crippen LogP contribution in [-0.2, 0) is 17.8 Å². The Bertz CT molecular complexity index is 689. The van der Waals surface area contributed by atoms with Crippen LogP contribution in [0.1, 0.15) is 11.1 Å². The summed E-state index contributed by atoms with van der Waals surface area (Å²) in [4.78, 5) is 23.5. The number of amides is 3. The van der Waals surface area contributed by atoms with Gasteiger partial charge in [-0.1, -0.05) is 48.5 Å². The van der Waals surface area contributed by atoms with Gasteiger partial charge in [0.25, 0.3) is 0 Å². The maximum absolute atomic E-state index is 11.8. The third kappa shape index (κ3) is 6.55. The van der Waals surface area contributed by atoms with E-state index < -0.39 is 0 Å². The third-order valence-corrected chi connectivity index (χ3v) is 3.61. The average Bonchev–Trinajstić information content (AvgIpc) is 2.66. The molecule has 0 saturated carbocycles. The molecule has 2 aromatic carbocycles. The first kappa shape index (κ1) is 18.3. The predicted molar refractivity (Wildman–Crippen MR) is 96.4 cm³/mol. The minimum absolute atomic E-state index is 0.0629. The molecular weight excluding hydrogens is 318 g/mol. The zero-order valence-corrected chi connectivity index (χ0v) is 14.2. The van der Waals surface area contributed by atoms with E-state index in [0.717, 1.165) is 16.9 Å². The molecule has 0 aliphatic rings. The summed E-state index contributed by atoms with van der Waals surface area (Å²) in [5.41, 5.74) is 2.03. The number of ether oxygens (including phenoxy) is 1. The summed E-state index contributed by atoms with van der Waals surface area (Å²) in [5, 5.41) is 8.02. The molecule has 2 aromatic rings. The fraction of sp³-hybridized carbons (Fsp3) is 0.263. The summed E-state index contributed by atoms with van der Waals surface area (Å²) in [7, 11) is 1.62. The number of urea groups is 1. The molecule has 3 N–H and O–H groups in total. The van der Waals surface area contributed by atoms with Gasteiger partial charge in [-0.3, -0.25) is 4.79 Å². The molecule has 6 nitrogen and oxygen atoms in total. The predicted octanol–water partition coefficient (Wildman–Crippen LogP) is 1.85. The van der Waals surface area contributed by atoms with E-state index in [0.29, 0.717) is 19.5 Å². The van der Waals surface area contributed by atoms with Crippen LogP contribution in [0.4, 0.5) is 4.79 Å². The number of carbonyl (C=O) groups is 2. The Morgan fingerprint density at radius 1 is 0.920 bits per heavy atom. The number of para-hydroxylation sites is 1. The van der Waals surface area contributed by atoms with Gasteiger partial charge in [0.2, 0.25) is 5.91 Å². The first-order valence-corrected chi connectivity index (χ1v) is 8.13. The summed E-state index contributed by atoms with van der Waals surface area (Å²) >= 11 is 0.